The van der Waals surface area contributed by atoms with E-state index in [-0.39, 0.29) is 23.8 Å². The number of halogens is 1. The van der Waals surface area contributed by atoms with Gasteiger partial charge in [-0.1, -0.05) is 12.1 Å². The van der Waals surface area contributed by atoms with Crippen molar-refractivity contribution in [1.29, 1.82) is 0 Å². The van der Waals surface area contributed by atoms with Gasteiger partial charge in [-0.25, -0.2) is 12.8 Å². The van der Waals surface area contributed by atoms with E-state index in [4.69, 9.17) is 0 Å². The van der Waals surface area contributed by atoms with Crippen LogP contribution in [0, 0.1) is 5.82 Å². The lowest BCUT2D eigenvalue weighted by Crippen LogP contribution is -2.35. The van der Waals surface area contributed by atoms with E-state index in [1.807, 2.05) is 32.0 Å². The molecule has 29 heavy (non-hydrogen) atoms. The van der Waals surface area contributed by atoms with Crippen molar-refractivity contribution in [3.63, 3.8) is 0 Å². The van der Waals surface area contributed by atoms with Crippen molar-refractivity contribution >= 4 is 21.6 Å². The standard InChI is InChI=1S/C21H26FN3O3S/c1-14-10-17-11-16(8-9-19(17)25(14)29(4,27)28)21(26)23-13-20(24(2)3)15-6-5-7-18(22)12-15/h5-9,11-12,14,20H,10,13H2,1-4H3,(H,23,26). The fraction of sp³-hybridized carbons (Fsp3) is 0.381. The summed E-state index contributed by atoms with van der Waals surface area (Å²) < 4.78 is 39.1. The highest BCUT2D eigenvalue weighted by Crippen LogP contribution is 2.34. The number of nitrogens with zero attached hydrogens (tertiary/aromatic N) is 2. The number of fused-ring (bicyclic) bond motifs is 1. The van der Waals surface area contributed by atoms with Crippen molar-refractivity contribution < 1.29 is 17.6 Å². The van der Waals surface area contributed by atoms with Gasteiger partial charge in [0, 0.05) is 18.2 Å². The molecule has 0 bridgehead atoms. The third kappa shape index (κ3) is 4.59. The normalized spacial score (nSPS) is 17.3. The predicted molar refractivity (Wildman–Crippen MR) is 112 cm³/mol. The molecule has 0 radical (unpaired) electrons. The Morgan fingerprint density at radius 1 is 1.28 bits per heavy atom. The first-order chi connectivity index (χ1) is 13.6. The van der Waals surface area contributed by atoms with E-state index in [9.17, 15) is 17.6 Å². The van der Waals surface area contributed by atoms with Crippen LogP contribution in [0.3, 0.4) is 0 Å². The van der Waals surface area contributed by atoms with Gasteiger partial charge in [-0.15, -0.1) is 0 Å². The fourth-order valence-electron chi connectivity index (χ4n) is 3.85. The molecule has 8 heteroatoms. The molecular weight excluding hydrogens is 393 g/mol. The van der Waals surface area contributed by atoms with Crippen LogP contribution in [0.5, 0.6) is 0 Å². The Bertz CT molecular complexity index is 1020. The van der Waals surface area contributed by atoms with E-state index in [0.29, 0.717) is 24.2 Å². The summed E-state index contributed by atoms with van der Waals surface area (Å²) in [6, 6.07) is 11.1. The van der Waals surface area contributed by atoms with Crippen LogP contribution in [0.1, 0.15) is 34.5 Å². The summed E-state index contributed by atoms with van der Waals surface area (Å²) in [6.45, 7) is 2.17. The second-order valence-corrected chi connectivity index (χ2v) is 9.56. The SMILES string of the molecule is CC1Cc2cc(C(=O)NCC(c3cccc(F)c3)N(C)C)ccc2N1S(C)(=O)=O. The first-order valence-electron chi connectivity index (χ1n) is 9.40. The topological polar surface area (TPSA) is 69.7 Å². The molecule has 0 spiro atoms. The molecule has 3 rings (SSSR count). The number of carbonyl (C=O) groups excluding carboxylic acids is 1. The smallest absolute Gasteiger partial charge is 0.251 e. The quantitative estimate of drug-likeness (QED) is 0.781. The van der Waals surface area contributed by atoms with Gasteiger partial charge in [0.1, 0.15) is 5.82 Å². The Kier molecular flexibility index (Phi) is 5.95. The number of anilines is 1. The van der Waals surface area contributed by atoms with E-state index >= 15 is 0 Å². The number of carbonyl (C=O) groups is 1. The van der Waals surface area contributed by atoms with Gasteiger partial charge in [0.05, 0.1) is 18.0 Å². The molecule has 0 saturated heterocycles. The summed E-state index contributed by atoms with van der Waals surface area (Å²) in [5.41, 5.74) is 2.72. The molecule has 0 aromatic heterocycles. The summed E-state index contributed by atoms with van der Waals surface area (Å²) in [6.07, 6.45) is 1.75. The molecule has 2 aromatic carbocycles. The molecule has 2 aromatic rings. The van der Waals surface area contributed by atoms with Crippen LogP contribution in [-0.4, -0.2) is 52.2 Å². The van der Waals surface area contributed by atoms with Gasteiger partial charge in [0.2, 0.25) is 10.0 Å². The number of nitrogens with one attached hydrogen (secondary N) is 1. The van der Waals surface area contributed by atoms with Crippen LogP contribution in [0.25, 0.3) is 0 Å². The van der Waals surface area contributed by atoms with Crippen LogP contribution >= 0.6 is 0 Å². The third-order valence-electron chi connectivity index (χ3n) is 5.16. The van der Waals surface area contributed by atoms with Gasteiger partial charge in [-0.3, -0.25) is 9.10 Å². The first kappa shape index (κ1) is 21.3. The number of hydrogen-bond donors (Lipinski definition) is 1. The van der Waals surface area contributed by atoms with Gasteiger partial charge < -0.3 is 10.2 Å². The highest BCUT2D eigenvalue weighted by atomic mass is 32.2. The number of hydrogen-bond acceptors (Lipinski definition) is 4. The van der Waals surface area contributed by atoms with Crippen LogP contribution in [0.2, 0.25) is 0 Å². The van der Waals surface area contributed by atoms with Crippen molar-refractivity contribution in [3.05, 3.63) is 65.0 Å². The molecule has 1 amide bonds. The zero-order valence-corrected chi connectivity index (χ0v) is 17.8. The lowest BCUT2D eigenvalue weighted by Gasteiger charge is -2.25. The third-order valence-corrected chi connectivity index (χ3v) is 6.44. The molecule has 1 N–H and O–H groups in total. The lowest BCUT2D eigenvalue weighted by atomic mass is 10.0. The average Bonchev–Trinajstić information content (AvgIpc) is 2.96. The fourth-order valence-corrected chi connectivity index (χ4v) is 5.12. The summed E-state index contributed by atoms with van der Waals surface area (Å²) in [5.74, 6) is -0.564. The average molecular weight is 420 g/mol. The van der Waals surface area contributed by atoms with Gasteiger partial charge >= 0.3 is 0 Å². The summed E-state index contributed by atoms with van der Waals surface area (Å²) in [4.78, 5) is 14.6. The zero-order valence-electron chi connectivity index (χ0n) is 17.0. The monoisotopic (exact) mass is 419 g/mol. The van der Waals surface area contributed by atoms with Crippen LogP contribution in [0.15, 0.2) is 42.5 Å². The Balaban J connectivity index is 1.76. The van der Waals surface area contributed by atoms with Gasteiger partial charge in [-0.2, -0.15) is 0 Å². The highest BCUT2D eigenvalue weighted by molar-refractivity contribution is 7.92. The van der Waals surface area contributed by atoms with Crippen molar-refractivity contribution in [3.8, 4) is 0 Å². The van der Waals surface area contributed by atoms with E-state index in [1.165, 1.54) is 22.7 Å². The molecular formula is C21H26FN3O3S. The maximum Gasteiger partial charge on any atom is 0.251 e. The van der Waals surface area contributed by atoms with Crippen LogP contribution < -0.4 is 9.62 Å². The Morgan fingerprint density at radius 2 is 2.00 bits per heavy atom. The largest absolute Gasteiger partial charge is 0.350 e. The van der Waals surface area contributed by atoms with E-state index < -0.39 is 10.0 Å². The number of sulfonamides is 1. The van der Waals surface area contributed by atoms with Gasteiger partial charge in [0.25, 0.3) is 5.91 Å². The second kappa shape index (κ2) is 8.12. The molecule has 0 aliphatic carbocycles. The minimum atomic E-state index is -3.37. The lowest BCUT2D eigenvalue weighted by molar-refractivity contribution is 0.0942. The molecule has 0 fully saturated rings. The predicted octanol–water partition coefficient (Wildman–Crippen LogP) is 2.57. The number of amides is 1. The minimum absolute atomic E-state index is 0.176. The summed E-state index contributed by atoms with van der Waals surface area (Å²) in [5, 5.41) is 2.91. The molecule has 6 nitrogen and oxygen atoms in total. The first-order valence-corrected chi connectivity index (χ1v) is 11.2. The highest BCUT2D eigenvalue weighted by Gasteiger charge is 2.32. The summed E-state index contributed by atoms with van der Waals surface area (Å²) in [7, 11) is 0.380. The van der Waals surface area contributed by atoms with Gasteiger partial charge in [-0.05, 0) is 68.9 Å². The van der Waals surface area contributed by atoms with Crippen LogP contribution in [-0.2, 0) is 16.4 Å². The van der Waals surface area contributed by atoms with E-state index in [1.54, 1.807) is 24.3 Å². The van der Waals surface area contributed by atoms with Crippen LogP contribution in [0.4, 0.5) is 10.1 Å². The number of likely N-dealkylation sites (N-methyl/N-ethyl adjacent to an activating group) is 1. The summed E-state index contributed by atoms with van der Waals surface area (Å²) >= 11 is 0. The maximum atomic E-state index is 13.6. The molecule has 156 valence electrons. The molecule has 1 heterocycles. The number of benzene rings is 2. The van der Waals surface area contributed by atoms with E-state index in [2.05, 4.69) is 5.32 Å². The molecule has 2 atom stereocenters. The Morgan fingerprint density at radius 3 is 2.62 bits per heavy atom. The van der Waals surface area contributed by atoms with Gasteiger partial charge in [0.15, 0.2) is 0 Å². The second-order valence-electron chi connectivity index (χ2n) is 7.70. The van der Waals surface area contributed by atoms with Crippen molar-refractivity contribution in [1.82, 2.24) is 10.2 Å². The Labute approximate surface area is 171 Å². The molecule has 1 aliphatic heterocycles. The number of rotatable bonds is 6. The van der Waals surface area contributed by atoms with Crippen molar-refractivity contribution in [2.24, 2.45) is 0 Å². The maximum absolute atomic E-state index is 13.6. The molecule has 0 saturated carbocycles. The van der Waals surface area contributed by atoms with Crippen molar-refractivity contribution in [2.45, 2.75) is 25.4 Å². The minimum Gasteiger partial charge on any atom is -0.350 e. The van der Waals surface area contributed by atoms with E-state index in [0.717, 1.165) is 11.1 Å². The Hall–Kier alpha value is -2.45. The molecule has 1 aliphatic rings. The molecule has 2 unspecified atom stereocenters. The zero-order chi connectivity index (χ0) is 21.3. The van der Waals surface area contributed by atoms with Crippen molar-refractivity contribution in [2.75, 3.05) is 31.2 Å².